The van der Waals surface area contributed by atoms with E-state index in [1.165, 1.54) is 12.3 Å². The fraction of sp³-hybridized carbons (Fsp3) is 0.467. The van der Waals surface area contributed by atoms with Gasteiger partial charge in [-0.15, -0.1) is 0 Å². The molecule has 0 saturated heterocycles. The molecule has 2 aromatic rings. The third-order valence-corrected chi connectivity index (χ3v) is 3.13. The van der Waals surface area contributed by atoms with E-state index in [2.05, 4.69) is 33.7 Å². The molecule has 20 heavy (non-hydrogen) atoms. The summed E-state index contributed by atoms with van der Waals surface area (Å²) in [6.07, 6.45) is 8.71. The summed E-state index contributed by atoms with van der Waals surface area (Å²) in [6, 6.07) is 1.39. The van der Waals surface area contributed by atoms with Gasteiger partial charge in [-0.1, -0.05) is 13.8 Å². The number of nitrogens with zero attached hydrogens (tertiary/aromatic N) is 3. The molecule has 0 bridgehead atoms. The lowest BCUT2D eigenvalue weighted by Crippen LogP contribution is -2.26. The predicted octanol–water partition coefficient (Wildman–Crippen LogP) is 2.92. The summed E-state index contributed by atoms with van der Waals surface area (Å²) >= 11 is 0. The molecule has 0 aliphatic heterocycles. The number of nitrogens with one attached hydrogen (secondary N) is 1. The first kappa shape index (κ1) is 14.7. The number of aromatic nitrogens is 3. The fourth-order valence-corrected chi connectivity index (χ4v) is 2.24. The van der Waals surface area contributed by atoms with E-state index in [4.69, 9.17) is 0 Å². The number of pyridine rings is 1. The summed E-state index contributed by atoms with van der Waals surface area (Å²) in [6.45, 7) is 5.98. The number of hydrogen-bond donors (Lipinski definition) is 1. The summed E-state index contributed by atoms with van der Waals surface area (Å²) < 4.78 is 15.5. The van der Waals surface area contributed by atoms with Crippen LogP contribution in [-0.4, -0.2) is 21.1 Å². The molecule has 0 aromatic carbocycles. The maximum Gasteiger partial charge on any atom is 0.141 e. The van der Waals surface area contributed by atoms with E-state index in [1.807, 2.05) is 6.20 Å². The second-order valence-corrected chi connectivity index (χ2v) is 4.80. The zero-order valence-electron chi connectivity index (χ0n) is 12.0. The van der Waals surface area contributed by atoms with Crippen molar-refractivity contribution < 1.29 is 4.39 Å². The van der Waals surface area contributed by atoms with Crippen molar-refractivity contribution in [3.8, 4) is 0 Å². The van der Waals surface area contributed by atoms with Gasteiger partial charge in [0.15, 0.2) is 0 Å². The van der Waals surface area contributed by atoms with E-state index in [1.54, 1.807) is 12.4 Å². The van der Waals surface area contributed by atoms with E-state index in [-0.39, 0.29) is 11.9 Å². The normalized spacial score (nSPS) is 12.6. The van der Waals surface area contributed by atoms with Crippen LogP contribution in [0.4, 0.5) is 4.39 Å². The highest BCUT2D eigenvalue weighted by Crippen LogP contribution is 2.21. The van der Waals surface area contributed by atoms with Crippen LogP contribution in [0.2, 0.25) is 0 Å². The average Bonchev–Trinajstić information content (AvgIpc) is 2.88. The molecule has 0 saturated carbocycles. The molecule has 0 amide bonds. The number of hydrogen-bond acceptors (Lipinski definition) is 3. The van der Waals surface area contributed by atoms with Gasteiger partial charge in [-0.2, -0.15) is 0 Å². The standard InChI is InChI=1S/C15H21FN4/c1-3-5-18-14(12-9-13(16)11-17-10-12)15-19-6-8-20(15)7-4-2/h6,8-11,14,18H,3-5,7H2,1-2H3. The number of imidazole rings is 1. The van der Waals surface area contributed by atoms with Crippen molar-refractivity contribution in [1.29, 1.82) is 0 Å². The number of rotatable bonds is 7. The maximum atomic E-state index is 13.4. The Labute approximate surface area is 119 Å². The molecule has 1 atom stereocenters. The van der Waals surface area contributed by atoms with Gasteiger partial charge in [0.1, 0.15) is 11.6 Å². The van der Waals surface area contributed by atoms with Crippen LogP contribution in [0.5, 0.6) is 0 Å². The van der Waals surface area contributed by atoms with E-state index < -0.39 is 0 Å². The van der Waals surface area contributed by atoms with E-state index in [0.29, 0.717) is 0 Å². The van der Waals surface area contributed by atoms with Crippen LogP contribution in [0.3, 0.4) is 0 Å². The van der Waals surface area contributed by atoms with E-state index in [0.717, 1.165) is 37.3 Å². The van der Waals surface area contributed by atoms with Crippen LogP contribution < -0.4 is 5.32 Å². The van der Waals surface area contributed by atoms with Gasteiger partial charge in [0, 0.05) is 25.1 Å². The van der Waals surface area contributed by atoms with Gasteiger partial charge in [-0.25, -0.2) is 9.37 Å². The zero-order valence-corrected chi connectivity index (χ0v) is 12.0. The monoisotopic (exact) mass is 276 g/mol. The summed E-state index contributed by atoms with van der Waals surface area (Å²) in [4.78, 5) is 8.39. The molecule has 108 valence electrons. The highest BCUT2D eigenvalue weighted by Gasteiger charge is 2.19. The van der Waals surface area contributed by atoms with Crippen LogP contribution in [0.1, 0.15) is 44.1 Å². The van der Waals surface area contributed by atoms with Crippen molar-refractivity contribution in [2.75, 3.05) is 6.54 Å². The lowest BCUT2D eigenvalue weighted by Gasteiger charge is -2.19. The SMILES string of the molecule is CCCNC(c1cncc(F)c1)c1nccn1CCC. The molecule has 2 aromatic heterocycles. The first-order valence-corrected chi connectivity index (χ1v) is 7.11. The summed E-state index contributed by atoms with van der Waals surface area (Å²) in [5.41, 5.74) is 0.807. The van der Waals surface area contributed by atoms with Gasteiger partial charge in [-0.3, -0.25) is 4.98 Å². The second kappa shape index (κ2) is 7.14. The molecule has 1 N–H and O–H groups in total. The van der Waals surface area contributed by atoms with Crippen molar-refractivity contribution >= 4 is 0 Å². The Bertz CT molecular complexity index is 538. The summed E-state index contributed by atoms with van der Waals surface area (Å²) in [7, 11) is 0. The third-order valence-electron chi connectivity index (χ3n) is 3.13. The van der Waals surface area contributed by atoms with Crippen LogP contribution >= 0.6 is 0 Å². The van der Waals surface area contributed by atoms with Gasteiger partial charge in [0.05, 0.1) is 12.2 Å². The Morgan fingerprint density at radius 3 is 2.85 bits per heavy atom. The minimum Gasteiger partial charge on any atom is -0.333 e. The third kappa shape index (κ3) is 3.42. The largest absolute Gasteiger partial charge is 0.333 e. The van der Waals surface area contributed by atoms with Crippen molar-refractivity contribution in [3.05, 3.63) is 48.1 Å². The smallest absolute Gasteiger partial charge is 0.141 e. The highest BCUT2D eigenvalue weighted by molar-refractivity contribution is 5.22. The van der Waals surface area contributed by atoms with Gasteiger partial charge < -0.3 is 9.88 Å². The summed E-state index contributed by atoms with van der Waals surface area (Å²) in [5, 5.41) is 3.42. The van der Waals surface area contributed by atoms with E-state index in [9.17, 15) is 4.39 Å². The van der Waals surface area contributed by atoms with Crippen LogP contribution in [-0.2, 0) is 6.54 Å². The highest BCUT2D eigenvalue weighted by atomic mass is 19.1. The molecule has 2 rings (SSSR count). The first-order valence-electron chi connectivity index (χ1n) is 7.11. The molecular weight excluding hydrogens is 255 g/mol. The Kier molecular flexibility index (Phi) is 5.24. The Morgan fingerprint density at radius 2 is 2.15 bits per heavy atom. The molecule has 2 heterocycles. The minimum atomic E-state index is -0.320. The van der Waals surface area contributed by atoms with Crippen molar-refractivity contribution in [1.82, 2.24) is 19.9 Å². The predicted molar refractivity (Wildman–Crippen MR) is 76.8 cm³/mol. The van der Waals surface area contributed by atoms with Gasteiger partial charge in [-0.05, 0) is 31.0 Å². The van der Waals surface area contributed by atoms with Crippen LogP contribution in [0, 0.1) is 5.82 Å². The van der Waals surface area contributed by atoms with Crippen molar-refractivity contribution in [2.45, 2.75) is 39.3 Å². The summed E-state index contributed by atoms with van der Waals surface area (Å²) in [5.74, 6) is 0.590. The molecule has 0 aliphatic carbocycles. The lowest BCUT2D eigenvalue weighted by atomic mass is 10.1. The topological polar surface area (TPSA) is 42.7 Å². The van der Waals surface area contributed by atoms with Gasteiger partial charge in [0.2, 0.25) is 0 Å². The molecule has 0 aliphatic rings. The van der Waals surface area contributed by atoms with Crippen LogP contribution in [0.25, 0.3) is 0 Å². The quantitative estimate of drug-likeness (QED) is 0.845. The molecule has 0 spiro atoms. The molecule has 0 radical (unpaired) electrons. The Hall–Kier alpha value is -1.75. The van der Waals surface area contributed by atoms with Crippen LogP contribution in [0.15, 0.2) is 30.9 Å². The second-order valence-electron chi connectivity index (χ2n) is 4.80. The minimum absolute atomic E-state index is 0.125. The fourth-order valence-electron chi connectivity index (χ4n) is 2.24. The Balaban J connectivity index is 2.33. The van der Waals surface area contributed by atoms with Crippen molar-refractivity contribution in [3.63, 3.8) is 0 Å². The zero-order chi connectivity index (χ0) is 14.4. The Morgan fingerprint density at radius 1 is 1.30 bits per heavy atom. The molecule has 4 nitrogen and oxygen atoms in total. The van der Waals surface area contributed by atoms with Crippen molar-refractivity contribution in [2.24, 2.45) is 0 Å². The van der Waals surface area contributed by atoms with E-state index >= 15 is 0 Å². The number of halogens is 1. The maximum absolute atomic E-state index is 13.4. The lowest BCUT2D eigenvalue weighted by molar-refractivity contribution is 0.524. The van der Waals surface area contributed by atoms with Gasteiger partial charge >= 0.3 is 0 Å². The molecule has 1 unspecified atom stereocenters. The van der Waals surface area contributed by atoms with Gasteiger partial charge in [0.25, 0.3) is 0 Å². The number of aryl methyl sites for hydroxylation is 1. The molecular formula is C15H21FN4. The molecule has 5 heteroatoms. The molecule has 0 fully saturated rings. The average molecular weight is 276 g/mol. The first-order chi connectivity index (χ1) is 9.76.